The molecule has 2 unspecified atom stereocenters. The average Bonchev–Trinajstić information content (AvgIpc) is 2.18. The Morgan fingerprint density at radius 1 is 1.43 bits per heavy atom. The Balaban J connectivity index is 2.20. The predicted molar refractivity (Wildman–Crippen MR) is 60.5 cm³/mol. The van der Waals surface area contributed by atoms with Crippen LogP contribution in [0.15, 0.2) is 11.6 Å². The minimum atomic E-state index is 0.480. The summed E-state index contributed by atoms with van der Waals surface area (Å²) in [7, 11) is 1.82. The van der Waals surface area contributed by atoms with Crippen molar-refractivity contribution in [2.75, 3.05) is 13.7 Å². The Bertz CT molecular complexity index is 185. The first kappa shape index (κ1) is 11.7. The molecule has 0 bridgehead atoms. The van der Waals surface area contributed by atoms with E-state index >= 15 is 0 Å². The summed E-state index contributed by atoms with van der Waals surface area (Å²) in [6.45, 7) is 5.28. The molecule has 2 nitrogen and oxygen atoms in total. The van der Waals surface area contributed by atoms with Crippen LogP contribution in [0.3, 0.4) is 0 Å². The van der Waals surface area contributed by atoms with Crippen LogP contribution in [0.5, 0.6) is 0 Å². The minimum Gasteiger partial charge on any atom is -0.381 e. The van der Waals surface area contributed by atoms with Gasteiger partial charge in [0.2, 0.25) is 0 Å². The van der Waals surface area contributed by atoms with Crippen molar-refractivity contribution < 1.29 is 4.74 Å². The third-order valence-corrected chi connectivity index (χ3v) is 2.88. The molecular weight excluding hydrogens is 174 g/mol. The van der Waals surface area contributed by atoms with Crippen molar-refractivity contribution in [2.24, 2.45) is 0 Å². The fourth-order valence-electron chi connectivity index (χ4n) is 1.97. The zero-order valence-corrected chi connectivity index (χ0v) is 9.68. The molecule has 0 aromatic carbocycles. The number of hydrogen-bond donors (Lipinski definition) is 1. The molecule has 2 heteroatoms. The van der Waals surface area contributed by atoms with E-state index in [2.05, 4.69) is 25.2 Å². The Kier molecular flexibility index (Phi) is 5.20. The van der Waals surface area contributed by atoms with Crippen molar-refractivity contribution in [3.8, 4) is 0 Å². The summed E-state index contributed by atoms with van der Waals surface area (Å²) in [5, 5.41) is 3.56. The molecule has 0 aromatic rings. The lowest BCUT2D eigenvalue weighted by Gasteiger charge is -2.28. The molecule has 0 aliphatic heterocycles. The van der Waals surface area contributed by atoms with Gasteiger partial charge in [0.15, 0.2) is 0 Å². The molecule has 0 saturated heterocycles. The van der Waals surface area contributed by atoms with Gasteiger partial charge in [-0.15, -0.1) is 0 Å². The summed E-state index contributed by atoms with van der Waals surface area (Å²) in [4.78, 5) is 0. The summed E-state index contributed by atoms with van der Waals surface area (Å²) in [6.07, 6.45) is 7.73. The molecule has 1 saturated carbocycles. The van der Waals surface area contributed by atoms with Gasteiger partial charge in [0.05, 0.1) is 6.10 Å². The minimum absolute atomic E-state index is 0.480. The zero-order valence-electron chi connectivity index (χ0n) is 9.68. The highest BCUT2D eigenvalue weighted by molar-refractivity contribution is 4.95. The van der Waals surface area contributed by atoms with Gasteiger partial charge in [-0.1, -0.05) is 11.6 Å². The molecular formula is C12H23NO. The third kappa shape index (κ3) is 4.25. The molecule has 0 heterocycles. The highest BCUT2D eigenvalue weighted by Gasteiger charge is 2.20. The normalized spacial score (nSPS) is 27.4. The molecule has 1 N–H and O–H groups in total. The fourth-order valence-corrected chi connectivity index (χ4v) is 1.97. The maximum Gasteiger partial charge on any atom is 0.0586 e. The maximum absolute atomic E-state index is 5.39. The van der Waals surface area contributed by atoms with Crippen LogP contribution in [0.2, 0.25) is 0 Å². The first-order chi connectivity index (χ1) is 6.72. The summed E-state index contributed by atoms with van der Waals surface area (Å²) in [5.41, 5.74) is 1.39. The first-order valence-electron chi connectivity index (χ1n) is 5.62. The van der Waals surface area contributed by atoms with Crippen molar-refractivity contribution in [1.82, 2.24) is 5.32 Å². The quantitative estimate of drug-likeness (QED) is 0.699. The van der Waals surface area contributed by atoms with E-state index in [9.17, 15) is 0 Å². The highest BCUT2D eigenvalue weighted by atomic mass is 16.5. The number of ether oxygens (including phenoxy) is 1. The van der Waals surface area contributed by atoms with E-state index in [1.54, 1.807) is 0 Å². The van der Waals surface area contributed by atoms with Crippen molar-refractivity contribution in [1.29, 1.82) is 0 Å². The van der Waals surface area contributed by atoms with Gasteiger partial charge >= 0.3 is 0 Å². The van der Waals surface area contributed by atoms with Gasteiger partial charge in [-0.25, -0.2) is 0 Å². The van der Waals surface area contributed by atoms with Gasteiger partial charge < -0.3 is 10.1 Å². The molecule has 1 aliphatic carbocycles. The van der Waals surface area contributed by atoms with Crippen LogP contribution in [0, 0.1) is 0 Å². The van der Waals surface area contributed by atoms with Gasteiger partial charge in [-0.2, -0.15) is 0 Å². The molecule has 0 aromatic heterocycles. The lowest BCUT2D eigenvalue weighted by molar-refractivity contribution is 0.0595. The lowest BCUT2D eigenvalue weighted by Crippen LogP contribution is -2.36. The summed E-state index contributed by atoms with van der Waals surface area (Å²) >= 11 is 0. The molecule has 0 spiro atoms. The standard InChI is InChI=1S/C12H23NO/c1-10(2)7-8-13-11-5-4-6-12(9-11)14-3/h7,11-13H,4-6,8-9H2,1-3H3. The molecule has 2 atom stereocenters. The fraction of sp³-hybridized carbons (Fsp3) is 0.833. The molecule has 0 amide bonds. The van der Waals surface area contributed by atoms with E-state index in [1.165, 1.54) is 31.3 Å². The number of hydrogen-bond acceptors (Lipinski definition) is 2. The topological polar surface area (TPSA) is 21.3 Å². The largest absolute Gasteiger partial charge is 0.381 e. The molecule has 1 rings (SSSR count). The second-order valence-corrected chi connectivity index (χ2v) is 4.41. The Morgan fingerprint density at radius 3 is 2.86 bits per heavy atom. The highest BCUT2D eigenvalue weighted by Crippen LogP contribution is 2.20. The number of methoxy groups -OCH3 is 1. The van der Waals surface area contributed by atoms with Gasteiger partial charge in [0.1, 0.15) is 0 Å². The lowest BCUT2D eigenvalue weighted by atomic mass is 9.93. The maximum atomic E-state index is 5.39. The van der Waals surface area contributed by atoms with Crippen LogP contribution >= 0.6 is 0 Å². The predicted octanol–water partition coefficient (Wildman–Crippen LogP) is 2.50. The average molecular weight is 197 g/mol. The van der Waals surface area contributed by atoms with E-state index in [1.807, 2.05) is 7.11 Å². The van der Waals surface area contributed by atoms with Gasteiger partial charge in [0.25, 0.3) is 0 Å². The second kappa shape index (κ2) is 6.20. The van der Waals surface area contributed by atoms with Crippen molar-refractivity contribution in [3.63, 3.8) is 0 Å². The Labute approximate surface area is 87.7 Å². The van der Waals surface area contributed by atoms with E-state index in [0.717, 1.165) is 6.54 Å². The van der Waals surface area contributed by atoms with Crippen LogP contribution in [0.1, 0.15) is 39.5 Å². The number of nitrogens with one attached hydrogen (secondary N) is 1. The van der Waals surface area contributed by atoms with E-state index in [0.29, 0.717) is 12.1 Å². The van der Waals surface area contributed by atoms with Gasteiger partial charge in [-0.3, -0.25) is 0 Å². The van der Waals surface area contributed by atoms with Crippen LogP contribution in [-0.4, -0.2) is 25.8 Å². The summed E-state index contributed by atoms with van der Waals surface area (Å²) in [5.74, 6) is 0. The zero-order chi connectivity index (χ0) is 10.4. The van der Waals surface area contributed by atoms with Crippen molar-refractivity contribution in [3.05, 3.63) is 11.6 Å². The number of rotatable bonds is 4. The van der Waals surface area contributed by atoms with Crippen molar-refractivity contribution >= 4 is 0 Å². The Morgan fingerprint density at radius 2 is 2.21 bits per heavy atom. The molecule has 1 fully saturated rings. The molecule has 82 valence electrons. The van der Waals surface area contributed by atoms with Crippen LogP contribution in [0.25, 0.3) is 0 Å². The van der Waals surface area contributed by atoms with E-state index in [-0.39, 0.29) is 0 Å². The van der Waals surface area contributed by atoms with Crippen LogP contribution in [0.4, 0.5) is 0 Å². The van der Waals surface area contributed by atoms with E-state index < -0.39 is 0 Å². The number of allylic oxidation sites excluding steroid dienone is 1. The van der Waals surface area contributed by atoms with E-state index in [4.69, 9.17) is 4.74 Å². The summed E-state index contributed by atoms with van der Waals surface area (Å²) < 4.78 is 5.39. The third-order valence-electron chi connectivity index (χ3n) is 2.88. The van der Waals surface area contributed by atoms with Crippen molar-refractivity contribution in [2.45, 2.75) is 51.7 Å². The van der Waals surface area contributed by atoms with Gasteiger partial charge in [-0.05, 0) is 39.5 Å². The Hall–Kier alpha value is -0.340. The monoisotopic (exact) mass is 197 g/mol. The molecule has 1 aliphatic rings. The SMILES string of the molecule is COC1CCCC(NCC=C(C)C)C1. The van der Waals surface area contributed by atoms with Crippen LogP contribution in [-0.2, 0) is 4.74 Å². The van der Waals surface area contributed by atoms with Crippen LogP contribution < -0.4 is 5.32 Å². The summed E-state index contributed by atoms with van der Waals surface area (Å²) in [6, 6.07) is 0.657. The second-order valence-electron chi connectivity index (χ2n) is 4.41. The molecule has 14 heavy (non-hydrogen) atoms. The molecule has 0 radical (unpaired) electrons. The van der Waals surface area contributed by atoms with Gasteiger partial charge in [0, 0.05) is 19.7 Å². The smallest absolute Gasteiger partial charge is 0.0586 e. The first-order valence-corrected chi connectivity index (χ1v) is 5.62.